The SMILES string of the molecule is COC(=O)Cc1noc(N)n1. The Labute approximate surface area is 62.3 Å². The number of nitrogens with zero attached hydrogens (tertiary/aromatic N) is 2. The number of nitrogens with two attached hydrogens (primary N) is 1. The van der Waals surface area contributed by atoms with Gasteiger partial charge in [-0.25, -0.2) is 0 Å². The predicted molar refractivity (Wildman–Crippen MR) is 34.4 cm³/mol. The van der Waals surface area contributed by atoms with Crippen LogP contribution in [0.5, 0.6) is 0 Å². The van der Waals surface area contributed by atoms with Gasteiger partial charge in [0.1, 0.15) is 6.42 Å². The third kappa shape index (κ3) is 1.92. The smallest absolute Gasteiger partial charge is 0.318 e. The van der Waals surface area contributed by atoms with E-state index < -0.39 is 5.97 Å². The van der Waals surface area contributed by atoms with Crippen LogP contribution in [-0.2, 0) is 16.0 Å². The number of hydrogen-bond acceptors (Lipinski definition) is 6. The molecule has 0 aliphatic rings. The van der Waals surface area contributed by atoms with Gasteiger partial charge in [0.2, 0.25) is 0 Å². The quantitative estimate of drug-likeness (QED) is 0.574. The van der Waals surface area contributed by atoms with Crippen LogP contribution in [0.15, 0.2) is 4.52 Å². The number of nitrogen functional groups attached to an aromatic ring is 1. The van der Waals surface area contributed by atoms with Crippen molar-refractivity contribution in [2.45, 2.75) is 6.42 Å². The average Bonchev–Trinajstić information content (AvgIpc) is 2.35. The van der Waals surface area contributed by atoms with Crippen molar-refractivity contribution in [2.75, 3.05) is 12.8 Å². The van der Waals surface area contributed by atoms with Crippen molar-refractivity contribution in [3.05, 3.63) is 5.82 Å². The molecule has 60 valence electrons. The van der Waals surface area contributed by atoms with E-state index >= 15 is 0 Å². The molecule has 0 atom stereocenters. The number of carbonyl (C=O) groups excluding carboxylic acids is 1. The second-order valence-electron chi connectivity index (χ2n) is 1.80. The highest BCUT2D eigenvalue weighted by atomic mass is 16.5. The molecule has 1 heterocycles. The molecule has 0 aliphatic heterocycles. The molecule has 1 rings (SSSR count). The zero-order valence-corrected chi connectivity index (χ0v) is 5.90. The lowest BCUT2D eigenvalue weighted by molar-refractivity contribution is -0.139. The summed E-state index contributed by atoms with van der Waals surface area (Å²) >= 11 is 0. The summed E-state index contributed by atoms with van der Waals surface area (Å²) in [6, 6.07) is -0.0519. The first-order chi connectivity index (χ1) is 5.22. The van der Waals surface area contributed by atoms with Crippen molar-refractivity contribution in [3.8, 4) is 0 Å². The number of anilines is 1. The van der Waals surface area contributed by atoms with E-state index in [0.29, 0.717) is 0 Å². The van der Waals surface area contributed by atoms with Crippen LogP contribution in [0.25, 0.3) is 0 Å². The zero-order chi connectivity index (χ0) is 8.27. The highest BCUT2D eigenvalue weighted by Gasteiger charge is 2.08. The summed E-state index contributed by atoms with van der Waals surface area (Å²) in [4.78, 5) is 14.2. The Morgan fingerprint density at radius 2 is 2.55 bits per heavy atom. The zero-order valence-electron chi connectivity index (χ0n) is 5.90. The first-order valence-electron chi connectivity index (χ1n) is 2.87. The van der Waals surface area contributed by atoms with E-state index in [1.165, 1.54) is 7.11 Å². The van der Waals surface area contributed by atoms with Crippen molar-refractivity contribution >= 4 is 12.0 Å². The molecular formula is C5H7N3O3. The largest absolute Gasteiger partial charge is 0.469 e. The first-order valence-corrected chi connectivity index (χ1v) is 2.87. The van der Waals surface area contributed by atoms with Crippen molar-refractivity contribution < 1.29 is 14.1 Å². The van der Waals surface area contributed by atoms with Crippen molar-refractivity contribution in [1.29, 1.82) is 0 Å². The third-order valence-corrected chi connectivity index (χ3v) is 1.01. The molecule has 0 aliphatic carbocycles. The predicted octanol–water partition coefficient (Wildman–Crippen LogP) is -0.633. The average molecular weight is 157 g/mol. The molecule has 0 aromatic carbocycles. The van der Waals surface area contributed by atoms with E-state index in [-0.39, 0.29) is 18.3 Å². The van der Waals surface area contributed by atoms with Crippen molar-refractivity contribution in [2.24, 2.45) is 0 Å². The second-order valence-corrected chi connectivity index (χ2v) is 1.80. The van der Waals surface area contributed by atoms with Crippen LogP contribution in [-0.4, -0.2) is 23.2 Å². The van der Waals surface area contributed by atoms with Gasteiger partial charge in [-0.3, -0.25) is 4.79 Å². The molecular weight excluding hydrogens is 150 g/mol. The van der Waals surface area contributed by atoms with Gasteiger partial charge in [-0.15, -0.1) is 0 Å². The van der Waals surface area contributed by atoms with Crippen LogP contribution in [0.4, 0.5) is 6.01 Å². The minimum atomic E-state index is -0.425. The number of ether oxygens (including phenoxy) is 1. The third-order valence-electron chi connectivity index (χ3n) is 1.01. The van der Waals surface area contributed by atoms with E-state index in [0.717, 1.165) is 0 Å². The van der Waals surface area contributed by atoms with E-state index in [4.69, 9.17) is 5.73 Å². The molecule has 0 radical (unpaired) electrons. The summed E-state index contributed by atoms with van der Waals surface area (Å²) in [5.74, 6) is -0.194. The lowest BCUT2D eigenvalue weighted by Gasteiger charge is -1.90. The molecule has 0 spiro atoms. The van der Waals surface area contributed by atoms with Gasteiger partial charge in [0.05, 0.1) is 7.11 Å². The lowest BCUT2D eigenvalue weighted by atomic mass is 10.4. The summed E-state index contributed by atoms with van der Waals surface area (Å²) in [5, 5.41) is 3.39. The number of methoxy groups -OCH3 is 1. The summed E-state index contributed by atoms with van der Waals surface area (Å²) in [5.41, 5.74) is 5.10. The minimum Gasteiger partial charge on any atom is -0.469 e. The molecule has 0 saturated heterocycles. The van der Waals surface area contributed by atoms with Gasteiger partial charge in [0, 0.05) is 0 Å². The fraction of sp³-hybridized carbons (Fsp3) is 0.400. The number of hydrogen-bond donors (Lipinski definition) is 1. The molecule has 0 unspecified atom stereocenters. The van der Waals surface area contributed by atoms with Gasteiger partial charge in [0.25, 0.3) is 0 Å². The molecule has 1 aromatic heterocycles. The first kappa shape index (κ1) is 7.52. The normalized spacial score (nSPS) is 9.55. The van der Waals surface area contributed by atoms with Crippen LogP contribution < -0.4 is 5.73 Å². The second kappa shape index (κ2) is 3.00. The Balaban J connectivity index is 2.57. The van der Waals surface area contributed by atoms with Gasteiger partial charge in [-0.05, 0) is 0 Å². The van der Waals surface area contributed by atoms with Gasteiger partial charge in [-0.1, -0.05) is 5.16 Å². The van der Waals surface area contributed by atoms with E-state index in [1.54, 1.807) is 0 Å². The molecule has 6 nitrogen and oxygen atoms in total. The van der Waals surface area contributed by atoms with Gasteiger partial charge < -0.3 is 15.0 Å². The van der Waals surface area contributed by atoms with Gasteiger partial charge in [-0.2, -0.15) is 4.98 Å². The Kier molecular flexibility index (Phi) is 2.05. The summed E-state index contributed by atoms with van der Waals surface area (Å²) < 4.78 is 8.78. The topological polar surface area (TPSA) is 91.2 Å². The van der Waals surface area contributed by atoms with Crippen molar-refractivity contribution in [1.82, 2.24) is 10.1 Å². The molecule has 1 aromatic rings. The lowest BCUT2D eigenvalue weighted by Crippen LogP contribution is -2.05. The molecule has 0 saturated carbocycles. The number of rotatable bonds is 2. The van der Waals surface area contributed by atoms with E-state index in [2.05, 4.69) is 19.4 Å². The molecule has 0 amide bonds. The Morgan fingerprint density at radius 1 is 1.82 bits per heavy atom. The maximum atomic E-state index is 10.6. The molecule has 0 bridgehead atoms. The summed E-state index contributed by atoms with van der Waals surface area (Å²) in [6.07, 6.45) is -0.0167. The van der Waals surface area contributed by atoms with Crippen molar-refractivity contribution in [3.63, 3.8) is 0 Å². The Bertz CT molecular complexity index is 257. The van der Waals surface area contributed by atoms with Crippen LogP contribution in [0.1, 0.15) is 5.82 Å². The standard InChI is InChI=1S/C5H7N3O3/c1-10-4(9)2-3-7-5(6)11-8-3/h2H2,1H3,(H2,6,7,8). The van der Waals surface area contributed by atoms with Crippen LogP contribution in [0, 0.1) is 0 Å². The summed E-state index contributed by atoms with van der Waals surface area (Å²) in [6.45, 7) is 0. The monoisotopic (exact) mass is 157 g/mol. The van der Waals surface area contributed by atoms with Crippen LogP contribution in [0.2, 0.25) is 0 Å². The van der Waals surface area contributed by atoms with Crippen LogP contribution >= 0.6 is 0 Å². The molecule has 0 fully saturated rings. The Hall–Kier alpha value is -1.59. The highest BCUT2D eigenvalue weighted by Crippen LogP contribution is 1.98. The fourth-order valence-electron chi connectivity index (χ4n) is 0.541. The summed E-state index contributed by atoms with van der Waals surface area (Å²) in [7, 11) is 1.28. The van der Waals surface area contributed by atoms with Gasteiger partial charge >= 0.3 is 12.0 Å². The Morgan fingerprint density at radius 3 is 3.00 bits per heavy atom. The number of carbonyl (C=O) groups is 1. The number of esters is 1. The maximum Gasteiger partial charge on any atom is 0.318 e. The number of aromatic nitrogens is 2. The molecule has 11 heavy (non-hydrogen) atoms. The van der Waals surface area contributed by atoms with Gasteiger partial charge in [0.15, 0.2) is 5.82 Å². The molecule has 2 N–H and O–H groups in total. The van der Waals surface area contributed by atoms with E-state index in [1.807, 2.05) is 0 Å². The molecule has 6 heteroatoms. The van der Waals surface area contributed by atoms with Crippen LogP contribution in [0.3, 0.4) is 0 Å². The highest BCUT2D eigenvalue weighted by molar-refractivity contribution is 5.71. The fourth-order valence-corrected chi connectivity index (χ4v) is 0.541. The van der Waals surface area contributed by atoms with E-state index in [9.17, 15) is 4.79 Å². The maximum absolute atomic E-state index is 10.6. The minimum absolute atomic E-state index is 0.0167.